The summed E-state index contributed by atoms with van der Waals surface area (Å²) < 4.78 is 0. The van der Waals surface area contributed by atoms with Gasteiger partial charge in [-0.05, 0) is 34.9 Å². The highest BCUT2D eigenvalue weighted by molar-refractivity contribution is 5.89. The maximum Gasteiger partial charge on any atom is 0.328 e. The number of amides is 2. The van der Waals surface area contributed by atoms with Gasteiger partial charge in [0.05, 0.1) is 0 Å². The number of urea groups is 1. The van der Waals surface area contributed by atoms with Gasteiger partial charge >= 0.3 is 18.0 Å². The Morgan fingerprint density at radius 2 is 1.55 bits per heavy atom. The number of carbonyl (C=O) groups excluding carboxylic acids is 1. The standard InChI is InChI=1S/C10H23N3O.C4H4O4/c1-6-13(9(2)3)10(14)11-7-8-12(4)5;5-3(6)1-2-4(7)8/h9H,6-8H2,1-5H3,(H,11,14);1-2H,(H,5,6)(H,7,8)/b;2-1+. The third-order valence-corrected chi connectivity index (χ3v) is 2.43. The zero-order valence-electron chi connectivity index (χ0n) is 13.9. The van der Waals surface area contributed by atoms with E-state index in [2.05, 4.69) is 5.32 Å². The number of nitrogens with one attached hydrogen (secondary N) is 1. The Balaban J connectivity index is 0. The number of carboxylic acids is 2. The molecule has 0 aliphatic carbocycles. The van der Waals surface area contributed by atoms with Gasteiger partial charge in [-0.25, -0.2) is 14.4 Å². The Morgan fingerprint density at radius 1 is 1.09 bits per heavy atom. The molecule has 0 bridgehead atoms. The normalized spacial score (nSPS) is 10.3. The maximum atomic E-state index is 11.6. The fourth-order valence-corrected chi connectivity index (χ4v) is 1.37. The van der Waals surface area contributed by atoms with Gasteiger partial charge in [0.2, 0.25) is 0 Å². The molecular formula is C14H27N3O5. The number of rotatable bonds is 7. The highest BCUT2D eigenvalue weighted by Gasteiger charge is 2.13. The first-order valence-corrected chi connectivity index (χ1v) is 6.94. The molecule has 22 heavy (non-hydrogen) atoms. The molecule has 2 amide bonds. The van der Waals surface area contributed by atoms with Gasteiger partial charge in [-0.1, -0.05) is 0 Å². The number of nitrogens with zero attached hydrogens (tertiary/aromatic N) is 2. The first-order valence-electron chi connectivity index (χ1n) is 6.94. The van der Waals surface area contributed by atoms with E-state index in [9.17, 15) is 14.4 Å². The van der Waals surface area contributed by atoms with Crippen molar-refractivity contribution in [2.24, 2.45) is 0 Å². The van der Waals surface area contributed by atoms with Crippen molar-refractivity contribution in [2.75, 3.05) is 33.7 Å². The zero-order valence-corrected chi connectivity index (χ0v) is 13.9. The van der Waals surface area contributed by atoms with Crippen LogP contribution < -0.4 is 5.32 Å². The summed E-state index contributed by atoms with van der Waals surface area (Å²) in [5, 5.41) is 18.5. The van der Waals surface area contributed by atoms with E-state index in [-0.39, 0.29) is 12.1 Å². The van der Waals surface area contributed by atoms with Gasteiger partial charge in [-0.3, -0.25) is 0 Å². The number of hydrogen-bond acceptors (Lipinski definition) is 4. The van der Waals surface area contributed by atoms with Gasteiger partial charge in [0, 0.05) is 37.8 Å². The van der Waals surface area contributed by atoms with Crippen molar-refractivity contribution in [1.29, 1.82) is 0 Å². The first kappa shape index (κ1) is 22.2. The zero-order chi connectivity index (χ0) is 17.7. The van der Waals surface area contributed by atoms with E-state index >= 15 is 0 Å². The van der Waals surface area contributed by atoms with E-state index in [1.807, 2.05) is 44.7 Å². The lowest BCUT2D eigenvalue weighted by Crippen LogP contribution is -2.45. The van der Waals surface area contributed by atoms with E-state index in [0.717, 1.165) is 13.1 Å². The van der Waals surface area contributed by atoms with Crippen LogP contribution in [0.25, 0.3) is 0 Å². The molecule has 0 fully saturated rings. The van der Waals surface area contributed by atoms with Gasteiger partial charge in [0.25, 0.3) is 0 Å². The van der Waals surface area contributed by atoms with Gasteiger partial charge in [-0.15, -0.1) is 0 Å². The van der Waals surface area contributed by atoms with Crippen LogP contribution in [0.2, 0.25) is 0 Å². The summed E-state index contributed by atoms with van der Waals surface area (Å²) in [7, 11) is 3.98. The van der Waals surface area contributed by atoms with E-state index in [4.69, 9.17) is 10.2 Å². The summed E-state index contributed by atoms with van der Waals surface area (Å²) in [5.74, 6) is -2.51. The SMILES string of the molecule is CCN(C(=O)NCCN(C)C)C(C)C.O=C(O)/C=C/C(=O)O. The smallest absolute Gasteiger partial charge is 0.328 e. The summed E-state index contributed by atoms with van der Waals surface area (Å²) in [4.78, 5) is 34.6. The lowest BCUT2D eigenvalue weighted by molar-refractivity contribution is -0.134. The minimum atomic E-state index is -1.26. The molecule has 0 aromatic rings. The predicted molar refractivity (Wildman–Crippen MR) is 83.9 cm³/mol. The van der Waals surface area contributed by atoms with E-state index in [1.54, 1.807) is 0 Å². The van der Waals surface area contributed by atoms with Crippen LogP contribution in [0.4, 0.5) is 4.79 Å². The predicted octanol–water partition coefficient (Wildman–Crippen LogP) is 0.700. The Hall–Kier alpha value is -2.09. The minimum absolute atomic E-state index is 0.0318. The second-order valence-electron chi connectivity index (χ2n) is 4.92. The molecular weight excluding hydrogens is 290 g/mol. The second kappa shape index (κ2) is 12.6. The van der Waals surface area contributed by atoms with Gasteiger partial charge in [-0.2, -0.15) is 0 Å². The van der Waals surface area contributed by atoms with Gasteiger partial charge < -0.3 is 25.3 Å². The molecule has 3 N–H and O–H groups in total. The van der Waals surface area contributed by atoms with Crippen LogP contribution in [0.5, 0.6) is 0 Å². The van der Waals surface area contributed by atoms with Crippen molar-refractivity contribution < 1.29 is 24.6 Å². The number of carbonyl (C=O) groups is 3. The highest BCUT2D eigenvalue weighted by Crippen LogP contribution is 1.97. The Labute approximate surface area is 131 Å². The third kappa shape index (κ3) is 14.3. The summed E-state index contributed by atoms with van der Waals surface area (Å²) in [6, 6.07) is 0.295. The van der Waals surface area contributed by atoms with Crippen molar-refractivity contribution in [3.63, 3.8) is 0 Å². The van der Waals surface area contributed by atoms with Crippen LogP contribution in [0.15, 0.2) is 12.2 Å². The molecule has 0 saturated carbocycles. The van der Waals surface area contributed by atoms with E-state index in [0.29, 0.717) is 18.7 Å². The summed E-state index contributed by atoms with van der Waals surface area (Å²) >= 11 is 0. The average molecular weight is 317 g/mol. The molecule has 0 heterocycles. The second-order valence-corrected chi connectivity index (χ2v) is 4.92. The van der Waals surface area contributed by atoms with Crippen molar-refractivity contribution in [2.45, 2.75) is 26.8 Å². The number of aliphatic carboxylic acids is 2. The molecule has 0 saturated heterocycles. The van der Waals surface area contributed by atoms with Crippen molar-refractivity contribution in [3.05, 3.63) is 12.2 Å². The van der Waals surface area contributed by atoms with Crippen LogP contribution >= 0.6 is 0 Å². The summed E-state index contributed by atoms with van der Waals surface area (Å²) in [5.41, 5.74) is 0. The molecule has 0 radical (unpaired) electrons. The van der Waals surface area contributed by atoms with Gasteiger partial charge in [0.15, 0.2) is 0 Å². The number of likely N-dealkylation sites (N-methyl/N-ethyl adjacent to an activating group) is 1. The third-order valence-electron chi connectivity index (χ3n) is 2.43. The quantitative estimate of drug-likeness (QED) is 0.596. The lowest BCUT2D eigenvalue weighted by Gasteiger charge is -2.25. The van der Waals surface area contributed by atoms with Crippen molar-refractivity contribution in [3.8, 4) is 0 Å². The Bertz CT molecular complexity index is 365. The molecule has 0 rings (SSSR count). The van der Waals surface area contributed by atoms with Crippen molar-refractivity contribution in [1.82, 2.24) is 15.1 Å². The summed E-state index contributed by atoms with van der Waals surface area (Å²) in [6.07, 6.45) is 1.12. The lowest BCUT2D eigenvalue weighted by atomic mass is 10.3. The molecule has 0 atom stereocenters. The fraction of sp³-hybridized carbons (Fsp3) is 0.643. The molecule has 0 aromatic heterocycles. The number of hydrogen-bond donors (Lipinski definition) is 3. The highest BCUT2D eigenvalue weighted by atomic mass is 16.4. The molecule has 0 aliphatic rings. The largest absolute Gasteiger partial charge is 0.478 e. The van der Waals surface area contributed by atoms with Crippen LogP contribution in [-0.2, 0) is 9.59 Å². The van der Waals surface area contributed by atoms with Crippen molar-refractivity contribution >= 4 is 18.0 Å². The van der Waals surface area contributed by atoms with Crippen LogP contribution in [0.1, 0.15) is 20.8 Å². The monoisotopic (exact) mass is 317 g/mol. The van der Waals surface area contributed by atoms with Crippen LogP contribution in [0, 0.1) is 0 Å². The average Bonchev–Trinajstić information content (AvgIpc) is 2.37. The minimum Gasteiger partial charge on any atom is -0.478 e. The number of carboxylic acid groups (broad SMARTS) is 2. The molecule has 0 aliphatic heterocycles. The maximum absolute atomic E-state index is 11.6. The first-order chi connectivity index (χ1) is 10.1. The fourth-order valence-electron chi connectivity index (χ4n) is 1.37. The van der Waals surface area contributed by atoms with E-state index < -0.39 is 11.9 Å². The topological polar surface area (TPSA) is 110 Å². The van der Waals surface area contributed by atoms with Crippen LogP contribution in [-0.4, -0.2) is 77.8 Å². The molecule has 8 heteroatoms. The van der Waals surface area contributed by atoms with Gasteiger partial charge in [0.1, 0.15) is 0 Å². The molecule has 0 spiro atoms. The molecule has 0 aromatic carbocycles. The molecule has 8 nitrogen and oxygen atoms in total. The summed E-state index contributed by atoms with van der Waals surface area (Å²) in [6.45, 7) is 8.37. The molecule has 128 valence electrons. The molecule has 0 unspecified atom stereocenters. The Kier molecular flexibility index (Phi) is 12.7. The Morgan fingerprint density at radius 3 is 1.82 bits per heavy atom. The van der Waals surface area contributed by atoms with Crippen LogP contribution in [0.3, 0.4) is 0 Å². The van der Waals surface area contributed by atoms with E-state index in [1.165, 1.54) is 0 Å².